The molecule has 3 nitrogen and oxygen atoms in total. The zero-order chi connectivity index (χ0) is 13.9. The fourth-order valence-corrected chi connectivity index (χ4v) is 1.57. The third kappa shape index (κ3) is 3.43. The first-order chi connectivity index (χ1) is 8.27. The zero-order valence-electron chi connectivity index (χ0n) is 10.7. The number of benzene rings is 1. The van der Waals surface area contributed by atoms with E-state index in [2.05, 4.69) is 5.32 Å². The lowest BCUT2D eigenvalue weighted by molar-refractivity contribution is -0.128. The zero-order valence-corrected chi connectivity index (χ0v) is 11.4. The van der Waals surface area contributed by atoms with E-state index in [1.54, 1.807) is 20.8 Å². The van der Waals surface area contributed by atoms with E-state index in [0.717, 1.165) is 0 Å². The van der Waals surface area contributed by atoms with Crippen LogP contribution in [0, 0.1) is 11.2 Å². The summed E-state index contributed by atoms with van der Waals surface area (Å²) in [5.74, 6) is -0.735. The van der Waals surface area contributed by atoms with Crippen molar-refractivity contribution in [3.63, 3.8) is 0 Å². The average Bonchev–Trinajstić information content (AvgIpc) is 2.27. The highest BCUT2D eigenvalue weighted by atomic mass is 35.5. The predicted molar refractivity (Wildman–Crippen MR) is 68.6 cm³/mol. The molecule has 0 heterocycles. The van der Waals surface area contributed by atoms with Crippen molar-refractivity contribution in [3.05, 3.63) is 34.1 Å². The molecular weight excluding hydrogens is 257 g/mol. The second kappa shape index (κ2) is 5.67. The van der Waals surface area contributed by atoms with Crippen molar-refractivity contribution in [2.75, 3.05) is 0 Å². The van der Waals surface area contributed by atoms with Crippen LogP contribution in [0.5, 0.6) is 0 Å². The van der Waals surface area contributed by atoms with Crippen LogP contribution in [-0.2, 0) is 17.9 Å². The lowest BCUT2D eigenvalue weighted by Gasteiger charge is -2.18. The molecule has 0 aliphatic heterocycles. The first kappa shape index (κ1) is 14.9. The SMILES string of the molecule is CC(C)(C)C(=O)NCc1ccc(Cl)c(CO)c1F. The summed E-state index contributed by atoms with van der Waals surface area (Å²) < 4.78 is 13.9. The number of aliphatic hydroxyl groups is 1. The van der Waals surface area contributed by atoms with Gasteiger partial charge in [0.25, 0.3) is 0 Å². The van der Waals surface area contributed by atoms with Crippen molar-refractivity contribution < 1.29 is 14.3 Å². The summed E-state index contributed by atoms with van der Waals surface area (Å²) in [4.78, 5) is 11.7. The minimum Gasteiger partial charge on any atom is -0.392 e. The molecule has 1 aromatic rings. The van der Waals surface area contributed by atoms with Gasteiger partial charge in [-0.1, -0.05) is 38.4 Å². The van der Waals surface area contributed by atoms with E-state index in [1.807, 2.05) is 0 Å². The normalized spacial score (nSPS) is 11.4. The number of carbonyl (C=O) groups is 1. The minimum absolute atomic E-state index is 0.0548. The maximum Gasteiger partial charge on any atom is 0.225 e. The number of aliphatic hydroxyl groups excluding tert-OH is 1. The summed E-state index contributed by atoms with van der Waals surface area (Å²) in [5, 5.41) is 11.8. The third-order valence-electron chi connectivity index (χ3n) is 2.54. The van der Waals surface area contributed by atoms with Crippen molar-refractivity contribution in [3.8, 4) is 0 Å². The Morgan fingerprint density at radius 1 is 1.44 bits per heavy atom. The molecule has 0 fully saturated rings. The number of carbonyl (C=O) groups excluding carboxylic acids is 1. The standard InChI is InChI=1S/C13H17ClFNO2/c1-13(2,3)12(18)16-6-8-4-5-10(14)9(7-17)11(8)15/h4-5,17H,6-7H2,1-3H3,(H,16,18). The molecule has 1 rings (SSSR count). The lowest BCUT2D eigenvalue weighted by atomic mass is 9.95. The molecule has 0 aromatic heterocycles. The van der Waals surface area contributed by atoms with Crippen LogP contribution < -0.4 is 5.32 Å². The van der Waals surface area contributed by atoms with E-state index in [-0.39, 0.29) is 23.0 Å². The molecule has 100 valence electrons. The maximum absolute atomic E-state index is 13.9. The van der Waals surface area contributed by atoms with Crippen LogP contribution in [0.4, 0.5) is 4.39 Å². The predicted octanol–water partition coefficient (Wildman–Crippen LogP) is 2.63. The highest BCUT2D eigenvalue weighted by Crippen LogP contribution is 2.22. The van der Waals surface area contributed by atoms with Gasteiger partial charge in [0.1, 0.15) is 5.82 Å². The van der Waals surface area contributed by atoms with Crippen molar-refractivity contribution in [2.24, 2.45) is 5.41 Å². The van der Waals surface area contributed by atoms with E-state index in [9.17, 15) is 9.18 Å². The van der Waals surface area contributed by atoms with Crippen LogP contribution in [0.2, 0.25) is 5.02 Å². The molecule has 0 unspecified atom stereocenters. The van der Waals surface area contributed by atoms with Gasteiger partial charge < -0.3 is 10.4 Å². The summed E-state index contributed by atoms with van der Waals surface area (Å²) >= 11 is 5.75. The molecule has 5 heteroatoms. The van der Waals surface area contributed by atoms with E-state index >= 15 is 0 Å². The fraction of sp³-hybridized carbons (Fsp3) is 0.462. The molecule has 1 aromatic carbocycles. The topological polar surface area (TPSA) is 49.3 Å². The molecule has 1 amide bonds. The van der Waals surface area contributed by atoms with Gasteiger partial charge in [0.15, 0.2) is 0 Å². The Bertz CT molecular complexity index is 455. The average molecular weight is 274 g/mol. The molecule has 0 atom stereocenters. The second-order valence-corrected chi connectivity index (χ2v) is 5.50. The second-order valence-electron chi connectivity index (χ2n) is 5.09. The molecule has 0 aliphatic carbocycles. The van der Waals surface area contributed by atoms with Gasteiger partial charge in [-0.3, -0.25) is 4.79 Å². The van der Waals surface area contributed by atoms with Crippen LogP contribution in [-0.4, -0.2) is 11.0 Å². The molecule has 0 aliphatic rings. The summed E-state index contributed by atoms with van der Waals surface area (Å²) in [6, 6.07) is 3.01. The third-order valence-corrected chi connectivity index (χ3v) is 2.90. The summed E-state index contributed by atoms with van der Waals surface area (Å²) in [7, 11) is 0. The number of hydrogen-bond donors (Lipinski definition) is 2. The molecule has 0 bridgehead atoms. The molecule has 18 heavy (non-hydrogen) atoms. The summed E-state index contributed by atoms with van der Waals surface area (Å²) in [5.41, 5.74) is -0.164. The van der Waals surface area contributed by atoms with Gasteiger partial charge in [0.05, 0.1) is 6.61 Å². The monoisotopic (exact) mass is 273 g/mol. The van der Waals surface area contributed by atoms with Crippen LogP contribution in [0.3, 0.4) is 0 Å². The van der Waals surface area contributed by atoms with Crippen LogP contribution in [0.1, 0.15) is 31.9 Å². The highest BCUT2D eigenvalue weighted by Gasteiger charge is 2.21. The first-order valence-corrected chi connectivity index (χ1v) is 6.00. The number of hydrogen-bond acceptors (Lipinski definition) is 2. The minimum atomic E-state index is -0.570. The first-order valence-electron chi connectivity index (χ1n) is 5.62. The summed E-state index contributed by atoms with van der Waals surface area (Å²) in [6.07, 6.45) is 0. The lowest BCUT2D eigenvalue weighted by Crippen LogP contribution is -2.34. The van der Waals surface area contributed by atoms with E-state index in [1.165, 1.54) is 12.1 Å². The number of nitrogens with one attached hydrogen (secondary N) is 1. The molecule has 0 saturated heterocycles. The number of rotatable bonds is 3. The Morgan fingerprint density at radius 3 is 2.56 bits per heavy atom. The van der Waals surface area contributed by atoms with Gasteiger partial charge in [-0.2, -0.15) is 0 Å². The smallest absolute Gasteiger partial charge is 0.225 e. The molecule has 2 N–H and O–H groups in total. The number of amides is 1. The fourth-order valence-electron chi connectivity index (χ4n) is 1.37. The van der Waals surface area contributed by atoms with Gasteiger partial charge in [-0.25, -0.2) is 4.39 Å². The van der Waals surface area contributed by atoms with Crippen LogP contribution in [0.15, 0.2) is 12.1 Å². The van der Waals surface area contributed by atoms with Crippen LogP contribution in [0.25, 0.3) is 0 Å². The molecule has 0 radical (unpaired) electrons. The largest absolute Gasteiger partial charge is 0.392 e. The highest BCUT2D eigenvalue weighted by molar-refractivity contribution is 6.31. The van der Waals surface area contributed by atoms with Gasteiger partial charge in [-0.15, -0.1) is 0 Å². The Kier molecular flexibility index (Phi) is 4.71. The van der Waals surface area contributed by atoms with Crippen molar-refractivity contribution in [2.45, 2.75) is 33.9 Å². The Morgan fingerprint density at radius 2 is 2.06 bits per heavy atom. The van der Waals surface area contributed by atoms with Gasteiger partial charge in [0, 0.05) is 28.1 Å². The van der Waals surface area contributed by atoms with Gasteiger partial charge in [-0.05, 0) is 6.07 Å². The Labute approximate surface area is 111 Å². The van der Waals surface area contributed by atoms with Crippen molar-refractivity contribution in [1.82, 2.24) is 5.32 Å². The summed E-state index contributed by atoms with van der Waals surface area (Å²) in [6.45, 7) is 4.94. The molecular formula is C13H17ClFNO2. The van der Waals surface area contributed by atoms with E-state index in [4.69, 9.17) is 16.7 Å². The van der Waals surface area contributed by atoms with Gasteiger partial charge >= 0.3 is 0 Å². The maximum atomic E-state index is 13.9. The Balaban J connectivity index is 2.84. The molecule has 0 saturated carbocycles. The van der Waals surface area contributed by atoms with E-state index < -0.39 is 17.8 Å². The quantitative estimate of drug-likeness (QED) is 0.889. The van der Waals surface area contributed by atoms with E-state index in [0.29, 0.717) is 5.56 Å². The van der Waals surface area contributed by atoms with Crippen molar-refractivity contribution >= 4 is 17.5 Å². The van der Waals surface area contributed by atoms with Crippen molar-refractivity contribution in [1.29, 1.82) is 0 Å². The van der Waals surface area contributed by atoms with Crippen LogP contribution >= 0.6 is 11.6 Å². The number of halogens is 2. The molecule has 0 spiro atoms. The Hall–Kier alpha value is -1.13. The van der Waals surface area contributed by atoms with Gasteiger partial charge in [0.2, 0.25) is 5.91 Å².